The second kappa shape index (κ2) is 8.46. The smallest absolute Gasteiger partial charge is 0.162 e. The molecule has 2 atom stereocenters. The lowest BCUT2D eigenvalue weighted by atomic mass is 9.92. The van der Waals surface area contributed by atoms with Gasteiger partial charge in [-0.05, 0) is 34.4 Å². The predicted molar refractivity (Wildman–Crippen MR) is 108 cm³/mol. The molecular weight excluding hydrogens is 352 g/mol. The maximum absolute atomic E-state index is 6.22. The molecule has 0 amide bonds. The van der Waals surface area contributed by atoms with Gasteiger partial charge in [0.1, 0.15) is 12.7 Å². The Hall–Kier alpha value is -2.82. The predicted octanol–water partition coefficient (Wildman–Crippen LogP) is 4.91. The number of methoxy groups -OCH3 is 2. The zero-order valence-corrected chi connectivity index (χ0v) is 16.1. The van der Waals surface area contributed by atoms with Crippen molar-refractivity contribution in [3.05, 3.63) is 95.1 Å². The number of ether oxygens (including phenoxy) is 4. The molecule has 0 radical (unpaired) electrons. The first-order valence-electron chi connectivity index (χ1n) is 9.39. The summed E-state index contributed by atoms with van der Waals surface area (Å²) < 4.78 is 23.4. The van der Waals surface area contributed by atoms with Gasteiger partial charge in [-0.3, -0.25) is 0 Å². The second-order valence-electron chi connectivity index (χ2n) is 6.77. The summed E-state index contributed by atoms with van der Waals surface area (Å²) in [5.41, 5.74) is 4.43. The van der Waals surface area contributed by atoms with Crippen LogP contribution in [0.5, 0.6) is 11.5 Å². The first-order chi connectivity index (χ1) is 13.8. The SMILES string of the molecule is COc1cc2c(cc1OCc1ccccc1)[C@@H](c1ccccc1)O[C@@H](OC)C2. The summed E-state index contributed by atoms with van der Waals surface area (Å²) in [7, 11) is 3.34. The van der Waals surface area contributed by atoms with Crippen LogP contribution in [-0.2, 0) is 22.5 Å². The highest BCUT2D eigenvalue weighted by Gasteiger charge is 2.30. The monoisotopic (exact) mass is 376 g/mol. The number of hydrogen-bond donors (Lipinski definition) is 0. The van der Waals surface area contributed by atoms with E-state index in [0.29, 0.717) is 18.8 Å². The van der Waals surface area contributed by atoms with Crippen molar-refractivity contribution in [1.82, 2.24) is 0 Å². The summed E-state index contributed by atoms with van der Waals surface area (Å²) in [6.07, 6.45) is 0.170. The van der Waals surface area contributed by atoms with Crippen LogP contribution in [0.15, 0.2) is 72.8 Å². The molecule has 4 rings (SSSR count). The van der Waals surface area contributed by atoms with Gasteiger partial charge in [0.05, 0.1) is 7.11 Å². The molecule has 0 saturated heterocycles. The van der Waals surface area contributed by atoms with Crippen LogP contribution in [0, 0.1) is 0 Å². The van der Waals surface area contributed by atoms with E-state index in [-0.39, 0.29) is 12.4 Å². The van der Waals surface area contributed by atoms with Gasteiger partial charge in [-0.2, -0.15) is 0 Å². The number of hydrogen-bond acceptors (Lipinski definition) is 4. The average Bonchev–Trinajstić information content (AvgIpc) is 2.77. The molecule has 0 bridgehead atoms. The number of rotatable bonds is 6. The van der Waals surface area contributed by atoms with Crippen molar-refractivity contribution in [2.75, 3.05) is 14.2 Å². The summed E-state index contributed by atoms with van der Waals surface area (Å²) in [6, 6.07) is 24.4. The Labute approximate surface area is 165 Å². The molecule has 0 unspecified atom stereocenters. The van der Waals surface area contributed by atoms with Crippen LogP contribution in [0.1, 0.15) is 28.4 Å². The summed E-state index contributed by atoms with van der Waals surface area (Å²) in [4.78, 5) is 0. The van der Waals surface area contributed by atoms with Crippen LogP contribution in [-0.4, -0.2) is 20.5 Å². The Balaban J connectivity index is 1.70. The largest absolute Gasteiger partial charge is 0.493 e. The molecular formula is C24H24O4. The van der Waals surface area contributed by atoms with Gasteiger partial charge in [0.25, 0.3) is 0 Å². The van der Waals surface area contributed by atoms with Gasteiger partial charge in [-0.15, -0.1) is 0 Å². The third kappa shape index (κ3) is 3.88. The molecule has 144 valence electrons. The minimum Gasteiger partial charge on any atom is -0.493 e. The fourth-order valence-corrected chi connectivity index (χ4v) is 3.52. The molecule has 0 aliphatic carbocycles. The van der Waals surface area contributed by atoms with Crippen molar-refractivity contribution >= 4 is 0 Å². The van der Waals surface area contributed by atoms with E-state index in [2.05, 4.69) is 12.1 Å². The van der Waals surface area contributed by atoms with Crippen LogP contribution in [0.2, 0.25) is 0 Å². The topological polar surface area (TPSA) is 36.9 Å². The zero-order valence-electron chi connectivity index (χ0n) is 16.1. The van der Waals surface area contributed by atoms with Crippen molar-refractivity contribution in [3.8, 4) is 11.5 Å². The Bertz CT molecular complexity index is 909. The molecule has 0 saturated carbocycles. The lowest BCUT2D eigenvalue weighted by molar-refractivity contribution is -0.153. The molecule has 28 heavy (non-hydrogen) atoms. The van der Waals surface area contributed by atoms with E-state index in [0.717, 1.165) is 28.0 Å². The minimum atomic E-state index is -0.293. The molecule has 1 heterocycles. The summed E-state index contributed by atoms with van der Waals surface area (Å²) in [5, 5.41) is 0. The van der Waals surface area contributed by atoms with Crippen molar-refractivity contribution in [2.45, 2.75) is 25.4 Å². The molecule has 1 aliphatic heterocycles. The van der Waals surface area contributed by atoms with E-state index in [1.54, 1.807) is 14.2 Å². The average molecular weight is 376 g/mol. The molecule has 1 aliphatic rings. The van der Waals surface area contributed by atoms with E-state index >= 15 is 0 Å². The number of benzene rings is 3. The van der Waals surface area contributed by atoms with Gasteiger partial charge in [-0.25, -0.2) is 0 Å². The molecule has 0 spiro atoms. The van der Waals surface area contributed by atoms with Crippen molar-refractivity contribution in [1.29, 1.82) is 0 Å². The number of fused-ring (bicyclic) bond motifs is 1. The van der Waals surface area contributed by atoms with Gasteiger partial charge in [0.15, 0.2) is 17.8 Å². The third-order valence-electron chi connectivity index (χ3n) is 4.98. The van der Waals surface area contributed by atoms with Gasteiger partial charge >= 0.3 is 0 Å². The van der Waals surface area contributed by atoms with Crippen LogP contribution < -0.4 is 9.47 Å². The standard InChI is InChI=1S/C24H24O4/c1-25-21-13-19-14-23(26-2)28-24(18-11-7-4-8-12-18)20(19)15-22(21)27-16-17-9-5-3-6-10-17/h3-13,15,23-24H,14,16H2,1-2H3/t23-,24-/m1/s1. The lowest BCUT2D eigenvalue weighted by Gasteiger charge is -2.32. The molecule has 0 N–H and O–H groups in total. The first kappa shape index (κ1) is 18.5. The van der Waals surface area contributed by atoms with Crippen molar-refractivity contribution in [2.24, 2.45) is 0 Å². The van der Waals surface area contributed by atoms with Crippen LogP contribution in [0.3, 0.4) is 0 Å². The maximum Gasteiger partial charge on any atom is 0.162 e. The maximum atomic E-state index is 6.22. The van der Waals surface area contributed by atoms with Gasteiger partial charge in [0.2, 0.25) is 0 Å². The lowest BCUT2D eigenvalue weighted by Crippen LogP contribution is -2.28. The summed E-state index contributed by atoms with van der Waals surface area (Å²) in [5.74, 6) is 1.43. The molecule has 3 aromatic carbocycles. The van der Waals surface area contributed by atoms with E-state index in [1.165, 1.54) is 0 Å². The highest BCUT2D eigenvalue weighted by Crippen LogP contribution is 2.41. The highest BCUT2D eigenvalue weighted by molar-refractivity contribution is 5.51. The summed E-state index contributed by atoms with van der Waals surface area (Å²) >= 11 is 0. The Morgan fingerprint density at radius 1 is 0.893 bits per heavy atom. The van der Waals surface area contributed by atoms with E-state index < -0.39 is 0 Å². The Morgan fingerprint density at radius 2 is 1.61 bits per heavy atom. The van der Waals surface area contributed by atoms with E-state index in [9.17, 15) is 0 Å². The second-order valence-corrected chi connectivity index (χ2v) is 6.77. The van der Waals surface area contributed by atoms with Crippen molar-refractivity contribution in [3.63, 3.8) is 0 Å². The molecule has 3 aromatic rings. The minimum absolute atomic E-state index is 0.208. The molecule has 0 aromatic heterocycles. The molecule has 4 heteroatoms. The van der Waals surface area contributed by atoms with Gasteiger partial charge < -0.3 is 18.9 Å². The van der Waals surface area contributed by atoms with Crippen LogP contribution in [0.25, 0.3) is 0 Å². The molecule has 4 nitrogen and oxygen atoms in total. The highest BCUT2D eigenvalue weighted by atomic mass is 16.7. The zero-order chi connectivity index (χ0) is 19.3. The third-order valence-corrected chi connectivity index (χ3v) is 4.98. The van der Waals surface area contributed by atoms with Crippen LogP contribution >= 0.6 is 0 Å². The quantitative estimate of drug-likeness (QED) is 0.613. The van der Waals surface area contributed by atoms with E-state index in [4.69, 9.17) is 18.9 Å². The van der Waals surface area contributed by atoms with Crippen LogP contribution in [0.4, 0.5) is 0 Å². The fraction of sp³-hybridized carbons (Fsp3) is 0.250. The van der Waals surface area contributed by atoms with E-state index in [1.807, 2.05) is 60.7 Å². The normalized spacial score (nSPS) is 18.4. The van der Waals surface area contributed by atoms with Gasteiger partial charge in [-0.1, -0.05) is 60.7 Å². The van der Waals surface area contributed by atoms with Gasteiger partial charge in [0, 0.05) is 13.5 Å². The van der Waals surface area contributed by atoms with Crippen molar-refractivity contribution < 1.29 is 18.9 Å². The fourth-order valence-electron chi connectivity index (χ4n) is 3.52. The Kier molecular flexibility index (Phi) is 5.60. The first-order valence-corrected chi connectivity index (χ1v) is 9.39. The summed E-state index contributed by atoms with van der Waals surface area (Å²) in [6.45, 7) is 0.480. The Morgan fingerprint density at radius 3 is 2.29 bits per heavy atom. The molecule has 0 fully saturated rings.